The fraction of sp³-hybridized carbons (Fsp3) is 0.455. The van der Waals surface area contributed by atoms with Crippen LogP contribution in [0.3, 0.4) is 0 Å². The molecule has 2 aromatic heterocycles. The van der Waals surface area contributed by atoms with Crippen LogP contribution in [-0.4, -0.2) is 67.4 Å². The first-order chi connectivity index (χ1) is 14.2. The molecule has 0 saturated carbocycles. The molecule has 4 heterocycles. The third-order valence-corrected chi connectivity index (χ3v) is 6.55. The van der Waals surface area contributed by atoms with Crippen molar-refractivity contribution < 1.29 is 5.11 Å². The maximum Gasteiger partial charge on any atom is 0.120 e. The van der Waals surface area contributed by atoms with E-state index >= 15 is 0 Å². The first kappa shape index (κ1) is 18.5. The third-order valence-electron chi connectivity index (χ3n) is 6.55. The quantitative estimate of drug-likeness (QED) is 0.639. The van der Waals surface area contributed by atoms with Gasteiger partial charge in [0, 0.05) is 62.9 Å². The lowest BCUT2D eigenvalue weighted by Crippen LogP contribution is -2.37. The number of aliphatic hydroxyl groups excluding tert-OH is 1. The average Bonchev–Trinajstić information content (AvgIpc) is 3.49. The van der Waals surface area contributed by atoms with E-state index in [1.54, 1.807) is 6.20 Å². The van der Waals surface area contributed by atoms with E-state index in [2.05, 4.69) is 49.1 Å². The van der Waals surface area contributed by atoms with Gasteiger partial charge in [-0.25, -0.2) is 4.98 Å². The fourth-order valence-electron chi connectivity index (χ4n) is 5.14. The Morgan fingerprint density at radius 1 is 1.00 bits per heavy atom. The van der Waals surface area contributed by atoms with E-state index in [9.17, 15) is 5.11 Å². The highest BCUT2D eigenvalue weighted by Gasteiger charge is 2.51. The van der Waals surface area contributed by atoms with Gasteiger partial charge in [-0.2, -0.15) is 5.10 Å². The Hall–Kier alpha value is -2.48. The number of aromatic amines is 1. The average molecular weight is 393 g/mol. The van der Waals surface area contributed by atoms with E-state index in [1.165, 1.54) is 11.1 Å². The number of H-pyrrole nitrogens is 1. The van der Waals surface area contributed by atoms with Crippen LogP contribution in [0.15, 0.2) is 55.1 Å². The summed E-state index contributed by atoms with van der Waals surface area (Å²) in [6, 6.07) is 10.6. The Labute approximate surface area is 171 Å². The van der Waals surface area contributed by atoms with E-state index in [4.69, 9.17) is 0 Å². The van der Waals surface area contributed by atoms with Crippen molar-refractivity contribution in [2.45, 2.75) is 19.6 Å². The molecular weight excluding hydrogens is 364 g/mol. The van der Waals surface area contributed by atoms with Crippen molar-refractivity contribution in [1.29, 1.82) is 0 Å². The lowest BCUT2D eigenvalue weighted by atomic mass is 9.82. The number of nitrogens with zero attached hydrogens (tertiary/aromatic N) is 5. The van der Waals surface area contributed by atoms with Crippen LogP contribution >= 0.6 is 0 Å². The van der Waals surface area contributed by atoms with Crippen LogP contribution in [-0.2, 0) is 19.6 Å². The number of rotatable bonds is 7. The van der Waals surface area contributed by atoms with Crippen molar-refractivity contribution in [3.05, 3.63) is 72.1 Å². The molecule has 1 aromatic carbocycles. The van der Waals surface area contributed by atoms with Crippen LogP contribution in [0.1, 0.15) is 17.0 Å². The SMILES string of the molecule is OCC12CN(Cc3ncc[nH]3)CC1CN(Cc1ccccc1Cn1cccn1)C2. The summed E-state index contributed by atoms with van der Waals surface area (Å²) < 4.78 is 1.97. The number of imidazole rings is 1. The predicted molar refractivity (Wildman–Crippen MR) is 110 cm³/mol. The first-order valence-corrected chi connectivity index (χ1v) is 10.3. The van der Waals surface area contributed by atoms with Crippen molar-refractivity contribution in [2.75, 3.05) is 32.8 Å². The second-order valence-electron chi connectivity index (χ2n) is 8.56. The van der Waals surface area contributed by atoms with Gasteiger partial charge < -0.3 is 10.1 Å². The zero-order valence-electron chi connectivity index (χ0n) is 16.6. The van der Waals surface area contributed by atoms with E-state index < -0.39 is 0 Å². The summed E-state index contributed by atoms with van der Waals surface area (Å²) in [5, 5.41) is 14.6. The van der Waals surface area contributed by atoms with Gasteiger partial charge in [-0.3, -0.25) is 14.5 Å². The van der Waals surface area contributed by atoms with Gasteiger partial charge in [0.1, 0.15) is 5.82 Å². The van der Waals surface area contributed by atoms with Crippen LogP contribution in [0.5, 0.6) is 0 Å². The van der Waals surface area contributed by atoms with Crippen LogP contribution in [0, 0.1) is 11.3 Å². The van der Waals surface area contributed by atoms with Gasteiger partial charge in [-0.05, 0) is 23.1 Å². The Bertz CT molecular complexity index is 925. The molecule has 0 spiro atoms. The summed E-state index contributed by atoms with van der Waals surface area (Å²) in [5.41, 5.74) is 2.64. The Morgan fingerprint density at radius 2 is 1.76 bits per heavy atom. The monoisotopic (exact) mass is 392 g/mol. The molecule has 0 amide bonds. The molecule has 152 valence electrons. The van der Waals surface area contributed by atoms with E-state index in [-0.39, 0.29) is 12.0 Å². The van der Waals surface area contributed by atoms with Gasteiger partial charge in [-0.1, -0.05) is 24.3 Å². The summed E-state index contributed by atoms with van der Waals surface area (Å²) in [4.78, 5) is 12.5. The van der Waals surface area contributed by atoms with Gasteiger partial charge in [0.2, 0.25) is 0 Å². The van der Waals surface area contributed by atoms with E-state index in [1.807, 2.05) is 29.3 Å². The molecule has 2 aliphatic heterocycles. The number of hydrogen-bond acceptors (Lipinski definition) is 5. The third kappa shape index (κ3) is 3.73. The standard InChI is InChI=1S/C22H28N6O/c29-17-22-15-26(12-20(22)13-27(16-22)14-21-23-7-8-24-21)10-18-4-1-2-5-19(18)11-28-9-3-6-25-28/h1-9,20,29H,10-17H2,(H,23,24). The highest BCUT2D eigenvalue weighted by Crippen LogP contribution is 2.43. The van der Waals surface area contributed by atoms with Crippen LogP contribution in [0.2, 0.25) is 0 Å². The van der Waals surface area contributed by atoms with Gasteiger partial charge in [0.05, 0.1) is 19.7 Å². The second kappa shape index (κ2) is 7.74. The van der Waals surface area contributed by atoms with Crippen LogP contribution in [0.25, 0.3) is 0 Å². The molecule has 0 aliphatic carbocycles. The number of nitrogens with one attached hydrogen (secondary N) is 1. The highest BCUT2D eigenvalue weighted by atomic mass is 16.3. The second-order valence-corrected chi connectivity index (χ2v) is 8.56. The molecule has 3 aromatic rings. The fourth-order valence-corrected chi connectivity index (χ4v) is 5.14. The molecule has 2 fully saturated rings. The lowest BCUT2D eigenvalue weighted by Gasteiger charge is -2.27. The smallest absolute Gasteiger partial charge is 0.120 e. The summed E-state index contributed by atoms with van der Waals surface area (Å²) in [7, 11) is 0. The van der Waals surface area contributed by atoms with Crippen molar-refractivity contribution in [3.63, 3.8) is 0 Å². The van der Waals surface area contributed by atoms with E-state index in [0.29, 0.717) is 5.92 Å². The molecule has 2 saturated heterocycles. The van der Waals surface area contributed by atoms with Crippen molar-refractivity contribution in [3.8, 4) is 0 Å². The molecule has 2 atom stereocenters. The number of fused-ring (bicyclic) bond motifs is 1. The molecule has 7 nitrogen and oxygen atoms in total. The summed E-state index contributed by atoms with van der Waals surface area (Å²) >= 11 is 0. The zero-order chi connectivity index (χ0) is 19.7. The highest BCUT2D eigenvalue weighted by molar-refractivity contribution is 5.27. The molecule has 5 rings (SSSR count). The number of benzene rings is 1. The number of likely N-dealkylation sites (tertiary alicyclic amines) is 2. The molecule has 0 radical (unpaired) electrons. The zero-order valence-corrected chi connectivity index (χ0v) is 16.6. The number of aromatic nitrogens is 4. The van der Waals surface area contributed by atoms with Crippen molar-refractivity contribution in [2.24, 2.45) is 11.3 Å². The minimum Gasteiger partial charge on any atom is -0.396 e. The lowest BCUT2D eigenvalue weighted by molar-refractivity contribution is 0.110. The summed E-state index contributed by atoms with van der Waals surface area (Å²) in [6.07, 6.45) is 7.50. The number of aliphatic hydroxyl groups is 1. The first-order valence-electron chi connectivity index (χ1n) is 10.3. The molecule has 2 N–H and O–H groups in total. The Kier molecular flexibility index (Phi) is 4.95. The Balaban J connectivity index is 1.26. The molecule has 7 heteroatoms. The van der Waals surface area contributed by atoms with Crippen LogP contribution in [0.4, 0.5) is 0 Å². The van der Waals surface area contributed by atoms with Crippen molar-refractivity contribution in [1.82, 2.24) is 29.5 Å². The molecule has 0 bridgehead atoms. The maximum absolute atomic E-state index is 10.3. The van der Waals surface area contributed by atoms with Crippen molar-refractivity contribution >= 4 is 0 Å². The largest absolute Gasteiger partial charge is 0.396 e. The maximum atomic E-state index is 10.3. The van der Waals surface area contributed by atoms with E-state index in [0.717, 1.165) is 51.6 Å². The molecular formula is C22H28N6O. The normalized spacial score (nSPS) is 24.9. The topological polar surface area (TPSA) is 73.2 Å². The van der Waals surface area contributed by atoms with Gasteiger partial charge in [0.15, 0.2) is 0 Å². The van der Waals surface area contributed by atoms with Gasteiger partial charge >= 0.3 is 0 Å². The summed E-state index contributed by atoms with van der Waals surface area (Å²) in [6.45, 7) is 6.73. The Morgan fingerprint density at radius 3 is 2.38 bits per heavy atom. The van der Waals surface area contributed by atoms with Gasteiger partial charge in [-0.15, -0.1) is 0 Å². The molecule has 29 heavy (non-hydrogen) atoms. The van der Waals surface area contributed by atoms with Gasteiger partial charge in [0.25, 0.3) is 0 Å². The number of hydrogen-bond donors (Lipinski definition) is 2. The predicted octanol–water partition coefficient (Wildman–Crippen LogP) is 1.58. The minimum absolute atomic E-state index is 0.0243. The minimum atomic E-state index is -0.0243. The van der Waals surface area contributed by atoms with Crippen LogP contribution < -0.4 is 0 Å². The molecule has 2 aliphatic rings. The molecule has 2 unspecified atom stereocenters. The summed E-state index contributed by atoms with van der Waals surface area (Å²) in [5.74, 6) is 1.50.